The first-order chi connectivity index (χ1) is 10.2. The molecule has 4 rings (SSSR count). The first-order valence-electron chi connectivity index (χ1n) is 8.11. The third kappa shape index (κ3) is 2.37. The highest BCUT2D eigenvalue weighted by Crippen LogP contribution is 2.42. The number of rotatable bonds is 3. The van der Waals surface area contributed by atoms with Gasteiger partial charge in [0.15, 0.2) is 0 Å². The molecule has 3 aliphatic rings. The molecule has 2 heterocycles. The molecule has 1 aliphatic heterocycles. The number of hydrogen-bond donors (Lipinski definition) is 0. The van der Waals surface area contributed by atoms with Crippen LogP contribution in [0.4, 0.5) is 0 Å². The Balaban J connectivity index is 1.52. The minimum absolute atomic E-state index is 0.0864. The van der Waals surface area contributed by atoms with Gasteiger partial charge in [-0.2, -0.15) is 0 Å². The second-order valence-electron chi connectivity index (χ2n) is 6.62. The van der Waals surface area contributed by atoms with Gasteiger partial charge >= 0.3 is 0 Å². The molecule has 1 saturated heterocycles. The lowest BCUT2D eigenvalue weighted by Crippen LogP contribution is -2.49. The molecule has 1 aromatic heterocycles. The van der Waals surface area contributed by atoms with E-state index in [9.17, 15) is 4.79 Å². The maximum absolute atomic E-state index is 12.9. The van der Waals surface area contributed by atoms with E-state index < -0.39 is 0 Å². The average molecular weight is 290 g/mol. The van der Waals surface area contributed by atoms with E-state index in [-0.39, 0.29) is 12.0 Å². The number of nitrogens with zero attached hydrogens (tertiary/aromatic N) is 2. The maximum atomic E-state index is 12.9. The van der Waals surface area contributed by atoms with E-state index in [4.69, 9.17) is 9.26 Å². The van der Waals surface area contributed by atoms with Crippen LogP contribution in [0.1, 0.15) is 59.8 Å². The van der Waals surface area contributed by atoms with Crippen molar-refractivity contribution in [2.75, 3.05) is 19.7 Å². The Morgan fingerprint density at radius 2 is 2.10 bits per heavy atom. The molecule has 5 nitrogen and oxygen atoms in total. The van der Waals surface area contributed by atoms with Crippen molar-refractivity contribution in [2.45, 2.75) is 51.0 Å². The number of hydrogen-bond acceptors (Lipinski definition) is 4. The van der Waals surface area contributed by atoms with Gasteiger partial charge in [-0.3, -0.25) is 4.79 Å². The zero-order valence-electron chi connectivity index (χ0n) is 12.5. The maximum Gasteiger partial charge on any atom is 0.259 e. The second kappa shape index (κ2) is 5.13. The summed E-state index contributed by atoms with van der Waals surface area (Å²) in [6.07, 6.45) is 6.26. The summed E-state index contributed by atoms with van der Waals surface area (Å²) < 4.78 is 11.2. The topological polar surface area (TPSA) is 55.6 Å². The van der Waals surface area contributed by atoms with E-state index in [1.807, 2.05) is 11.8 Å². The molecule has 2 aliphatic carbocycles. The Morgan fingerprint density at radius 1 is 1.29 bits per heavy atom. The van der Waals surface area contributed by atoms with Gasteiger partial charge in [-0.15, -0.1) is 0 Å². The predicted molar refractivity (Wildman–Crippen MR) is 76.2 cm³/mol. The molecule has 5 heteroatoms. The van der Waals surface area contributed by atoms with Crippen molar-refractivity contribution in [3.63, 3.8) is 0 Å². The highest BCUT2D eigenvalue weighted by atomic mass is 16.5. The summed E-state index contributed by atoms with van der Waals surface area (Å²) in [5.41, 5.74) is 1.59. The van der Waals surface area contributed by atoms with Gasteiger partial charge in [0, 0.05) is 19.0 Å². The second-order valence-corrected chi connectivity index (χ2v) is 6.62. The van der Waals surface area contributed by atoms with Crippen molar-refractivity contribution in [3.8, 4) is 0 Å². The van der Waals surface area contributed by atoms with Gasteiger partial charge in [-0.25, -0.2) is 0 Å². The quantitative estimate of drug-likeness (QED) is 0.858. The highest BCUT2D eigenvalue weighted by molar-refractivity contribution is 5.96. The summed E-state index contributed by atoms with van der Waals surface area (Å²) in [6, 6.07) is 0. The van der Waals surface area contributed by atoms with Gasteiger partial charge in [0.1, 0.15) is 11.3 Å². The van der Waals surface area contributed by atoms with Crippen molar-refractivity contribution < 1.29 is 14.1 Å². The van der Waals surface area contributed by atoms with E-state index in [0.29, 0.717) is 36.3 Å². The van der Waals surface area contributed by atoms with Gasteiger partial charge in [0.2, 0.25) is 0 Å². The lowest BCUT2D eigenvalue weighted by atomic mass is 9.80. The van der Waals surface area contributed by atoms with Gasteiger partial charge in [-0.05, 0) is 38.5 Å². The van der Waals surface area contributed by atoms with E-state index in [1.54, 1.807) is 0 Å². The first kappa shape index (κ1) is 13.3. The summed E-state index contributed by atoms with van der Waals surface area (Å²) in [7, 11) is 0. The number of carbonyl (C=O) groups excluding carboxylic acids is 1. The molecule has 0 bridgehead atoms. The summed E-state index contributed by atoms with van der Waals surface area (Å²) in [4.78, 5) is 14.8. The number of aromatic nitrogens is 1. The van der Waals surface area contributed by atoms with Crippen LogP contribution in [0.3, 0.4) is 0 Å². The van der Waals surface area contributed by atoms with Crippen molar-refractivity contribution >= 4 is 5.91 Å². The minimum atomic E-state index is 0.0864. The SMILES string of the molecule is Cc1onc(C2CC2)c1C(=O)N1CCOC(C2CCC2)C1. The lowest BCUT2D eigenvalue weighted by Gasteiger charge is -2.40. The van der Waals surface area contributed by atoms with Gasteiger partial charge in [-0.1, -0.05) is 11.6 Å². The Morgan fingerprint density at radius 3 is 2.76 bits per heavy atom. The predicted octanol–water partition coefficient (Wildman–Crippen LogP) is 2.50. The third-order valence-corrected chi connectivity index (χ3v) is 5.12. The van der Waals surface area contributed by atoms with Crippen LogP contribution in [0.2, 0.25) is 0 Å². The van der Waals surface area contributed by atoms with E-state index in [2.05, 4.69) is 5.16 Å². The Labute approximate surface area is 124 Å². The average Bonchev–Trinajstić information content (AvgIpc) is 3.20. The standard InChI is InChI=1S/C16H22N2O3/c1-10-14(15(17-21-10)12-5-6-12)16(19)18-7-8-20-13(9-18)11-3-2-4-11/h11-13H,2-9H2,1H3. The number of carbonyl (C=O) groups is 1. The van der Waals surface area contributed by atoms with Crippen LogP contribution < -0.4 is 0 Å². The van der Waals surface area contributed by atoms with E-state index in [0.717, 1.165) is 25.1 Å². The van der Waals surface area contributed by atoms with E-state index in [1.165, 1.54) is 19.3 Å². The Hall–Kier alpha value is -1.36. The molecule has 114 valence electrons. The Kier molecular flexibility index (Phi) is 3.25. The van der Waals surface area contributed by atoms with Crippen LogP contribution in [-0.2, 0) is 4.74 Å². The number of aryl methyl sites for hydroxylation is 1. The molecular formula is C16H22N2O3. The zero-order chi connectivity index (χ0) is 14.4. The number of morpholine rings is 1. The van der Waals surface area contributed by atoms with Crippen LogP contribution in [0.5, 0.6) is 0 Å². The van der Waals surface area contributed by atoms with Crippen molar-refractivity contribution in [1.29, 1.82) is 0 Å². The van der Waals surface area contributed by atoms with E-state index >= 15 is 0 Å². The van der Waals surface area contributed by atoms with Gasteiger partial charge in [0.25, 0.3) is 5.91 Å². The summed E-state index contributed by atoms with van der Waals surface area (Å²) in [5.74, 6) is 1.83. The summed E-state index contributed by atoms with van der Waals surface area (Å²) >= 11 is 0. The van der Waals surface area contributed by atoms with Crippen LogP contribution in [-0.4, -0.2) is 41.8 Å². The molecule has 1 aromatic rings. The fraction of sp³-hybridized carbons (Fsp3) is 0.750. The van der Waals surface area contributed by atoms with Crippen LogP contribution in [0.25, 0.3) is 0 Å². The molecule has 0 aromatic carbocycles. The molecule has 0 N–H and O–H groups in total. The number of amides is 1. The molecule has 1 atom stereocenters. The summed E-state index contributed by atoms with van der Waals surface area (Å²) in [6.45, 7) is 3.89. The lowest BCUT2D eigenvalue weighted by molar-refractivity contribution is -0.0660. The van der Waals surface area contributed by atoms with Crippen molar-refractivity contribution in [2.24, 2.45) is 5.92 Å². The molecule has 0 radical (unpaired) electrons. The number of ether oxygens (including phenoxy) is 1. The molecule has 1 amide bonds. The molecular weight excluding hydrogens is 268 g/mol. The molecule has 0 spiro atoms. The van der Waals surface area contributed by atoms with Crippen molar-refractivity contribution in [1.82, 2.24) is 10.1 Å². The smallest absolute Gasteiger partial charge is 0.259 e. The molecule has 2 saturated carbocycles. The normalized spacial score (nSPS) is 26.7. The fourth-order valence-corrected chi connectivity index (χ4v) is 3.40. The van der Waals surface area contributed by atoms with Crippen molar-refractivity contribution in [3.05, 3.63) is 17.0 Å². The van der Waals surface area contributed by atoms with Crippen LogP contribution >= 0.6 is 0 Å². The minimum Gasteiger partial charge on any atom is -0.374 e. The third-order valence-electron chi connectivity index (χ3n) is 5.12. The fourth-order valence-electron chi connectivity index (χ4n) is 3.40. The monoisotopic (exact) mass is 290 g/mol. The molecule has 1 unspecified atom stereocenters. The first-order valence-corrected chi connectivity index (χ1v) is 8.11. The van der Waals surface area contributed by atoms with Gasteiger partial charge in [0.05, 0.1) is 18.4 Å². The summed E-state index contributed by atoms with van der Waals surface area (Å²) in [5, 5.41) is 4.12. The Bertz CT molecular complexity index is 546. The molecule has 3 fully saturated rings. The molecule has 21 heavy (non-hydrogen) atoms. The highest BCUT2D eigenvalue weighted by Gasteiger charge is 2.38. The van der Waals surface area contributed by atoms with Gasteiger partial charge < -0.3 is 14.2 Å². The largest absolute Gasteiger partial charge is 0.374 e. The zero-order valence-corrected chi connectivity index (χ0v) is 12.5. The van der Waals surface area contributed by atoms with Crippen LogP contribution in [0.15, 0.2) is 4.52 Å². The van der Waals surface area contributed by atoms with Crippen LogP contribution in [0, 0.1) is 12.8 Å².